The zero-order valence-electron chi connectivity index (χ0n) is 15.8. The summed E-state index contributed by atoms with van der Waals surface area (Å²) >= 11 is 0. The van der Waals surface area contributed by atoms with Gasteiger partial charge in [-0.25, -0.2) is 0 Å². The van der Waals surface area contributed by atoms with Gasteiger partial charge >= 0.3 is 0 Å². The predicted octanol–water partition coefficient (Wildman–Crippen LogP) is 2.42. The molecule has 2 heterocycles. The summed E-state index contributed by atoms with van der Waals surface area (Å²) in [6, 6.07) is 11.0. The number of hydrogen-bond donors (Lipinski definition) is 1. The van der Waals surface area contributed by atoms with Crippen LogP contribution in [0.3, 0.4) is 0 Å². The lowest BCUT2D eigenvalue weighted by atomic mass is 9.96. The molecule has 0 unspecified atom stereocenters. The van der Waals surface area contributed by atoms with Crippen LogP contribution < -0.4 is 5.32 Å². The Bertz CT molecular complexity index is 605. The highest BCUT2D eigenvalue weighted by Gasteiger charge is 2.28. The summed E-state index contributed by atoms with van der Waals surface area (Å²) in [5, 5.41) is 3.18. The zero-order chi connectivity index (χ0) is 18.4. The number of nitrogens with zero attached hydrogens (tertiary/aromatic N) is 2. The SMILES string of the molecule is CC(=O)N1CCC[C@@H](C(=O)NC[C@H]2CCCCN2Cc2ccccc2)C1. The van der Waals surface area contributed by atoms with E-state index >= 15 is 0 Å². The Hall–Kier alpha value is -1.88. The second kappa shape index (κ2) is 9.17. The maximum atomic E-state index is 12.6. The number of amides is 2. The molecule has 142 valence electrons. The summed E-state index contributed by atoms with van der Waals surface area (Å²) < 4.78 is 0. The van der Waals surface area contributed by atoms with Crippen LogP contribution in [0, 0.1) is 5.92 Å². The molecule has 1 aromatic carbocycles. The lowest BCUT2D eigenvalue weighted by molar-refractivity contribution is -0.134. The molecule has 0 radical (unpaired) electrons. The van der Waals surface area contributed by atoms with Crippen LogP contribution in [0.4, 0.5) is 0 Å². The van der Waals surface area contributed by atoms with Crippen molar-refractivity contribution in [1.29, 1.82) is 0 Å². The van der Waals surface area contributed by atoms with Crippen molar-refractivity contribution in [3.05, 3.63) is 35.9 Å². The Kier molecular flexibility index (Phi) is 6.67. The molecule has 2 amide bonds. The monoisotopic (exact) mass is 357 g/mol. The highest BCUT2D eigenvalue weighted by Crippen LogP contribution is 2.20. The van der Waals surface area contributed by atoms with E-state index in [-0.39, 0.29) is 17.7 Å². The van der Waals surface area contributed by atoms with Gasteiger partial charge in [0.1, 0.15) is 0 Å². The van der Waals surface area contributed by atoms with E-state index in [0.717, 1.165) is 38.9 Å². The molecule has 5 nitrogen and oxygen atoms in total. The van der Waals surface area contributed by atoms with Crippen molar-refractivity contribution in [1.82, 2.24) is 15.1 Å². The van der Waals surface area contributed by atoms with E-state index in [4.69, 9.17) is 0 Å². The van der Waals surface area contributed by atoms with Crippen LogP contribution >= 0.6 is 0 Å². The summed E-state index contributed by atoms with van der Waals surface area (Å²) in [5.74, 6) is 0.129. The fourth-order valence-electron chi connectivity index (χ4n) is 4.16. The minimum atomic E-state index is -0.0567. The van der Waals surface area contributed by atoms with Crippen molar-refractivity contribution in [2.45, 2.75) is 51.6 Å². The molecule has 2 fully saturated rings. The maximum absolute atomic E-state index is 12.6. The van der Waals surface area contributed by atoms with Gasteiger partial charge in [0.2, 0.25) is 11.8 Å². The van der Waals surface area contributed by atoms with Crippen LogP contribution in [0.5, 0.6) is 0 Å². The lowest BCUT2D eigenvalue weighted by Crippen LogP contribution is -2.49. The lowest BCUT2D eigenvalue weighted by Gasteiger charge is -2.36. The molecular weight excluding hydrogens is 326 g/mol. The topological polar surface area (TPSA) is 52.7 Å². The van der Waals surface area contributed by atoms with Gasteiger partial charge in [-0.2, -0.15) is 0 Å². The van der Waals surface area contributed by atoms with Gasteiger partial charge in [-0.3, -0.25) is 14.5 Å². The number of nitrogens with one attached hydrogen (secondary N) is 1. The molecule has 0 saturated carbocycles. The molecule has 26 heavy (non-hydrogen) atoms. The maximum Gasteiger partial charge on any atom is 0.224 e. The summed E-state index contributed by atoms with van der Waals surface area (Å²) in [5.41, 5.74) is 1.33. The van der Waals surface area contributed by atoms with Gasteiger partial charge in [-0.15, -0.1) is 0 Å². The van der Waals surface area contributed by atoms with Gasteiger partial charge in [0.05, 0.1) is 5.92 Å². The third-order valence-electron chi connectivity index (χ3n) is 5.73. The van der Waals surface area contributed by atoms with Gasteiger partial charge in [0, 0.05) is 39.1 Å². The first-order chi connectivity index (χ1) is 12.6. The average molecular weight is 357 g/mol. The fourth-order valence-corrected chi connectivity index (χ4v) is 4.16. The number of hydrogen-bond acceptors (Lipinski definition) is 3. The van der Waals surface area contributed by atoms with E-state index in [2.05, 4.69) is 34.5 Å². The summed E-state index contributed by atoms with van der Waals surface area (Å²) in [4.78, 5) is 28.5. The zero-order valence-corrected chi connectivity index (χ0v) is 15.8. The molecule has 0 aromatic heterocycles. The van der Waals surface area contributed by atoms with Gasteiger partial charge in [0.25, 0.3) is 0 Å². The first-order valence-electron chi connectivity index (χ1n) is 9.94. The number of benzene rings is 1. The number of piperidine rings is 2. The van der Waals surface area contributed by atoms with Crippen molar-refractivity contribution in [2.75, 3.05) is 26.2 Å². The molecule has 2 aliphatic heterocycles. The van der Waals surface area contributed by atoms with E-state index in [9.17, 15) is 9.59 Å². The molecule has 2 atom stereocenters. The molecule has 5 heteroatoms. The van der Waals surface area contributed by atoms with E-state index in [1.54, 1.807) is 11.8 Å². The molecular formula is C21H31N3O2. The largest absolute Gasteiger partial charge is 0.354 e. The molecule has 1 aromatic rings. The Morgan fingerprint density at radius 3 is 2.65 bits per heavy atom. The second-order valence-corrected chi connectivity index (χ2v) is 7.66. The third-order valence-corrected chi connectivity index (χ3v) is 5.73. The minimum absolute atomic E-state index is 0.0567. The fraction of sp³-hybridized carbons (Fsp3) is 0.619. The van der Waals surface area contributed by atoms with Gasteiger partial charge in [-0.05, 0) is 37.8 Å². The average Bonchev–Trinajstić information content (AvgIpc) is 2.68. The van der Waals surface area contributed by atoms with Gasteiger partial charge in [0.15, 0.2) is 0 Å². The van der Waals surface area contributed by atoms with E-state index in [0.29, 0.717) is 19.1 Å². The summed E-state index contributed by atoms with van der Waals surface area (Å²) in [6.07, 6.45) is 5.40. The van der Waals surface area contributed by atoms with Crippen LogP contribution in [0.15, 0.2) is 30.3 Å². The van der Waals surface area contributed by atoms with Gasteiger partial charge < -0.3 is 10.2 Å². The number of carbonyl (C=O) groups excluding carboxylic acids is 2. The quantitative estimate of drug-likeness (QED) is 0.880. The third kappa shape index (κ3) is 5.07. The smallest absolute Gasteiger partial charge is 0.224 e. The first-order valence-corrected chi connectivity index (χ1v) is 9.94. The Morgan fingerprint density at radius 1 is 1.08 bits per heavy atom. The van der Waals surface area contributed by atoms with Crippen molar-refractivity contribution < 1.29 is 9.59 Å². The molecule has 3 rings (SSSR count). The molecule has 1 N–H and O–H groups in total. The first kappa shape index (κ1) is 18.9. The molecule has 0 spiro atoms. The van der Waals surface area contributed by atoms with Crippen LogP contribution in [-0.4, -0.2) is 53.8 Å². The van der Waals surface area contributed by atoms with Crippen LogP contribution in [0.25, 0.3) is 0 Å². The van der Waals surface area contributed by atoms with Crippen molar-refractivity contribution in [2.24, 2.45) is 5.92 Å². The minimum Gasteiger partial charge on any atom is -0.354 e. The van der Waals surface area contributed by atoms with E-state index in [1.165, 1.54) is 18.4 Å². The summed E-state index contributed by atoms with van der Waals surface area (Å²) in [6.45, 7) is 5.69. The van der Waals surface area contributed by atoms with Crippen LogP contribution in [0.2, 0.25) is 0 Å². The molecule has 2 aliphatic rings. The van der Waals surface area contributed by atoms with Crippen LogP contribution in [-0.2, 0) is 16.1 Å². The van der Waals surface area contributed by atoms with E-state index < -0.39 is 0 Å². The van der Waals surface area contributed by atoms with E-state index in [1.807, 2.05) is 6.07 Å². The van der Waals surface area contributed by atoms with Crippen molar-refractivity contribution >= 4 is 11.8 Å². The predicted molar refractivity (Wildman–Crippen MR) is 102 cm³/mol. The van der Waals surface area contributed by atoms with Gasteiger partial charge in [-0.1, -0.05) is 36.8 Å². The normalized spacial score (nSPS) is 24.3. The van der Waals surface area contributed by atoms with Crippen LogP contribution in [0.1, 0.15) is 44.6 Å². The Morgan fingerprint density at radius 2 is 1.88 bits per heavy atom. The number of carbonyl (C=O) groups is 2. The standard InChI is InChI=1S/C21H31N3O2/c1-17(25)23-13-7-10-19(16-23)21(26)22-14-20-11-5-6-12-24(20)15-18-8-3-2-4-9-18/h2-4,8-9,19-20H,5-7,10-16H2,1H3,(H,22,26)/t19-,20-/m1/s1. The molecule has 0 bridgehead atoms. The second-order valence-electron chi connectivity index (χ2n) is 7.66. The van der Waals surface area contributed by atoms with Crippen molar-refractivity contribution in [3.63, 3.8) is 0 Å². The highest BCUT2D eigenvalue weighted by molar-refractivity contribution is 5.80. The highest BCUT2D eigenvalue weighted by atomic mass is 16.2. The molecule has 0 aliphatic carbocycles. The number of rotatable bonds is 5. The number of likely N-dealkylation sites (tertiary alicyclic amines) is 2. The molecule has 2 saturated heterocycles. The Balaban J connectivity index is 1.51. The van der Waals surface area contributed by atoms with Crippen molar-refractivity contribution in [3.8, 4) is 0 Å². The Labute approximate surface area is 156 Å². The summed E-state index contributed by atoms with van der Waals surface area (Å²) in [7, 11) is 0.